The minimum Gasteiger partial charge on any atom is -0.393 e. The summed E-state index contributed by atoms with van der Waals surface area (Å²) in [5.41, 5.74) is 6.13. The topological polar surface area (TPSA) is 55.1 Å². The molecule has 0 aliphatic rings. The Bertz CT molecular complexity index is 395. The molecule has 3 N–H and O–H groups in total. The van der Waals surface area contributed by atoms with Crippen molar-refractivity contribution in [1.82, 2.24) is 5.32 Å². The molecule has 1 aromatic carbocycles. The normalized spacial score (nSPS) is 9.81. The van der Waals surface area contributed by atoms with Gasteiger partial charge in [0.25, 0.3) is 0 Å². The second kappa shape index (κ2) is 6.45. The second-order valence-corrected chi connectivity index (χ2v) is 4.27. The van der Waals surface area contributed by atoms with Crippen LogP contribution in [0.25, 0.3) is 0 Å². The molecule has 0 atom stereocenters. The molecule has 0 saturated heterocycles. The summed E-state index contributed by atoms with van der Waals surface area (Å²) < 4.78 is 0. The molecule has 1 rings (SSSR count). The lowest BCUT2D eigenvalue weighted by Crippen LogP contribution is -2.28. The van der Waals surface area contributed by atoms with Crippen molar-refractivity contribution in [3.8, 4) is 0 Å². The van der Waals surface area contributed by atoms with Crippen molar-refractivity contribution < 1.29 is 4.79 Å². The largest absolute Gasteiger partial charge is 0.393 e. The number of thiocarbonyl (C=S) groups is 1. The summed E-state index contributed by atoms with van der Waals surface area (Å²) in [6.45, 7) is 0.471. The molecule has 0 aliphatic heterocycles. The van der Waals surface area contributed by atoms with Crippen LogP contribution in [-0.2, 0) is 11.2 Å². The number of hydrogen-bond acceptors (Lipinski definition) is 2. The Morgan fingerprint density at radius 2 is 2.12 bits per heavy atom. The van der Waals surface area contributed by atoms with Crippen LogP contribution >= 0.6 is 23.8 Å². The van der Waals surface area contributed by atoms with E-state index in [1.54, 1.807) is 6.07 Å². The number of amides is 1. The van der Waals surface area contributed by atoms with E-state index in [4.69, 9.17) is 29.6 Å². The standard InChI is InChI=1S/C11H13ClN2OS/c12-9-4-2-1-3-8(9)7-11(15)14-6-5-10(13)16/h1-4H,5-7H2,(H2,13,16)(H,14,15). The highest BCUT2D eigenvalue weighted by Crippen LogP contribution is 2.14. The first kappa shape index (κ1) is 12.9. The first-order chi connectivity index (χ1) is 7.59. The van der Waals surface area contributed by atoms with Gasteiger partial charge in [-0.2, -0.15) is 0 Å². The summed E-state index contributed by atoms with van der Waals surface area (Å²) in [6.07, 6.45) is 0.792. The van der Waals surface area contributed by atoms with Crippen LogP contribution in [0.5, 0.6) is 0 Å². The average Bonchev–Trinajstić information content (AvgIpc) is 2.21. The lowest BCUT2D eigenvalue weighted by Gasteiger charge is -2.05. The number of nitrogens with one attached hydrogen (secondary N) is 1. The van der Waals surface area contributed by atoms with Gasteiger partial charge in [-0.15, -0.1) is 0 Å². The van der Waals surface area contributed by atoms with E-state index in [0.717, 1.165) is 5.56 Å². The second-order valence-electron chi connectivity index (χ2n) is 3.33. The van der Waals surface area contributed by atoms with Gasteiger partial charge in [-0.3, -0.25) is 4.79 Å². The highest BCUT2D eigenvalue weighted by atomic mass is 35.5. The summed E-state index contributed by atoms with van der Waals surface area (Å²) in [6, 6.07) is 7.27. The molecule has 86 valence electrons. The fourth-order valence-corrected chi connectivity index (χ4v) is 1.51. The van der Waals surface area contributed by atoms with Gasteiger partial charge in [0, 0.05) is 18.0 Å². The predicted molar refractivity (Wildman–Crippen MR) is 69.6 cm³/mol. The predicted octanol–water partition coefficient (Wildman–Crippen LogP) is 1.67. The van der Waals surface area contributed by atoms with E-state index in [-0.39, 0.29) is 12.3 Å². The number of carbonyl (C=O) groups excluding carboxylic acids is 1. The molecule has 3 nitrogen and oxygen atoms in total. The first-order valence-corrected chi connectivity index (χ1v) is 5.66. The number of hydrogen-bond donors (Lipinski definition) is 2. The van der Waals surface area contributed by atoms with Crippen LogP contribution < -0.4 is 11.1 Å². The summed E-state index contributed by atoms with van der Waals surface area (Å²) in [7, 11) is 0. The van der Waals surface area contributed by atoms with Crippen LogP contribution in [0.1, 0.15) is 12.0 Å². The van der Waals surface area contributed by atoms with Crippen molar-refractivity contribution >= 4 is 34.7 Å². The maximum Gasteiger partial charge on any atom is 0.224 e. The first-order valence-electron chi connectivity index (χ1n) is 4.88. The van der Waals surface area contributed by atoms with E-state index in [9.17, 15) is 4.79 Å². The van der Waals surface area contributed by atoms with Crippen molar-refractivity contribution in [2.45, 2.75) is 12.8 Å². The Morgan fingerprint density at radius 1 is 1.44 bits per heavy atom. The van der Waals surface area contributed by atoms with Crippen molar-refractivity contribution in [3.63, 3.8) is 0 Å². The maximum absolute atomic E-state index is 11.5. The van der Waals surface area contributed by atoms with Gasteiger partial charge in [0.15, 0.2) is 0 Å². The van der Waals surface area contributed by atoms with Crippen LogP contribution in [0, 0.1) is 0 Å². The van der Waals surface area contributed by atoms with E-state index in [0.29, 0.717) is 23.0 Å². The number of halogens is 1. The molecule has 0 radical (unpaired) electrons. The molecule has 16 heavy (non-hydrogen) atoms. The van der Waals surface area contributed by atoms with Crippen LogP contribution in [-0.4, -0.2) is 17.4 Å². The molecule has 0 unspecified atom stereocenters. The fourth-order valence-electron chi connectivity index (χ4n) is 1.20. The molecule has 1 amide bonds. The third kappa shape index (κ3) is 4.59. The zero-order valence-electron chi connectivity index (χ0n) is 8.70. The fraction of sp³-hybridized carbons (Fsp3) is 0.273. The number of nitrogens with two attached hydrogens (primary N) is 1. The van der Waals surface area contributed by atoms with E-state index in [1.807, 2.05) is 18.2 Å². The summed E-state index contributed by atoms with van der Waals surface area (Å²) in [5.74, 6) is -0.0793. The third-order valence-corrected chi connectivity index (χ3v) is 2.58. The van der Waals surface area contributed by atoms with Crippen molar-refractivity contribution in [2.75, 3.05) is 6.54 Å². The van der Waals surface area contributed by atoms with E-state index >= 15 is 0 Å². The third-order valence-electron chi connectivity index (χ3n) is 2.00. The Kier molecular flexibility index (Phi) is 5.22. The molecule has 0 bridgehead atoms. The summed E-state index contributed by atoms with van der Waals surface area (Å²) in [5, 5.41) is 3.33. The molecule has 0 heterocycles. The molecule has 0 saturated carbocycles. The quantitative estimate of drug-likeness (QED) is 0.788. The molecular formula is C11H13ClN2OS. The van der Waals surface area contributed by atoms with Gasteiger partial charge >= 0.3 is 0 Å². The minimum atomic E-state index is -0.0793. The van der Waals surface area contributed by atoms with Gasteiger partial charge in [-0.1, -0.05) is 42.0 Å². The molecule has 0 aliphatic carbocycles. The van der Waals surface area contributed by atoms with E-state index in [1.165, 1.54) is 0 Å². The van der Waals surface area contributed by atoms with Gasteiger partial charge in [-0.05, 0) is 11.6 Å². The van der Waals surface area contributed by atoms with E-state index < -0.39 is 0 Å². The van der Waals surface area contributed by atoms with Crippen LogP contribution in [0.4, 0.5) is 0 Å². The summed E-state index contributed by atoms with van der Waals surface area (Å²) in [4.78, 5) is 11.9. The summed E-state index contributed by atoms with van der Waals surface area (Å²) >= 11 is 10.6. The van der Waals surface area contributed by atoms with Crippen molar-refractivity contribution in [2.24, 2.45) is 5.73 Å². The zero-order valence-corrected chi connectivity index (χ0v) is 10.3. The van der Waals surface area contributed by atoms with Gasteiger partial charge in [-0.25, -0.2) is 0 Å². The number of carbonyl (C=O) groups is 1. The molecule has 0 fully saturated rings. The maximum atomic E-state index is 11.5. The Balaban J connectivity index is 2.40. The van der Waals surface area contributed by atoms with Crippen LogP contribution in [0.3, 0.4) is 0 Å². The van der Waals surface area contributed by atoms with Gasteiger partial charge in [0.05, 0.1) is 11.4 Å². The van der Waals surface area contributed by atoms with Crippen molar-refractivity contribution in [1.29, 1.82) is 0 Å². The van der Waals surface area contributed by atoms with Crippen LogP contribution in [0.2, 0.25) is 5.02 Å². The smallest absolute Gasteiger partial charge is 0.224 e. The van der Waals surface area contributed by atoms with E-state index in [2.05, 4.69) is 5.32 Å². The Morgan fingerprint density at radius 3 is 2.75 bits per heavy atom. The van der Waals surface area contributed by atoms with Crippen molar-refractivity contribution in [3.05, 3.63) is 34.9 Å². The Hall–Kier alpha value is -1.13. The monoisotopic (exact) mass is 256 g/mol. The highest BCUT2D eigenvalue weighted by molar-refractivity contribution is 7.80. The average molecular weight is 257 g/mol. The number of benzene rings is 1. The minimum absolute atomic E-state index is 0.0793. The van der Waals surface area contributed by atoms with Gasteiger partial charge in [0.1, 0.15) is 0 Å². The zero-order chi connectivity index (χ0) is 12.0. The SMILES string of the molecule is NC(=S)CCNC(=O)Cc1ccccc1Cl. The highest BCUT2D eigenvalue weighted by Gasteiger charge is 2.05. The van der Waals surface area contributed by atoms with Gasteiger partial charge < -0.3 is 11.1 Å². The molecular weight excluding hydrogens is 244 g/mol. The van der Waals surface area contributed by atoms with Gasteiger partial charge in [0.2, 0.25) is 5.91 Å². The lowest BCUT2D eigenvalue weighted by molar-refractivity contribution is -0.120. The molecule has 0 aromatic heterocycles. The molecule has 5 heteroatoms. The molecule has 1 aromatic rings. The Labute approximate surface area is 105 Å². The lowest BCUT2D eigenvalue weighted by atomic mass is 10.1. The molecule has 0 spiro atoms. The number of rotatable bonds is 5. The van der Waals surface area contributed by atoms with Crippen LogP contribution in [0.15, 0.2) is 24.3 Å².